The zero-order valence-corrected chi connectivity index (χ0v) is 11.8. The molecule has 102 valence electrons. The van der Waals surface area contributed by atoms with E-state index in [1.165, 1.54) is 11.1 Å². The summed E-state index contributed by atoms with van der Waals surface area (Å²) in [5.41, 5.74) is 2.67. The highest BCUT2D eigenvalue weighted by Gasteiger charge is 2.27. The molecule has 0 spiro atoms. The molecule has 3 rings (SSSR count). The van der Waals surface area contributed by atoms with Crippen LogP contribution >= 0.6 is 11.6 Å². The van der Waals surface area contributed by atoms with Gasteiger partial charge < -0.3 is 4.74 Å². The Morgan fingerprint density at radius 2 is 2.05 bits per heavy atom. The van der Waals surface area contributed by atoms with Gasteiger partial charge in [-0.05, 0) is 41.7 Å². The van der Waals surface area contributed by atoms with Crippen molar-refractivity contribution < 1.29 is 9.53 Å². The Bertz CT molecular complexity index is 636. The summed E-state index contributed by atoms with van der Waals surface area (Å²) in [4.78, 5) is 12.0. The lowest BCUT2D eigenvalue weighted by Gasteiger charge is -2.29. The average Bonchev–Trinajstić information content (AvgIpc) is 2.43. The molecule has 2 nitrogen and oxygen atoms in total. The van der Waals surface area contributed by atoms with Crippen molar-refractivity contribution >= 4 is 17.4 Å². The van der Waals surface area contributed by atoms with Gasteiger partial charge in [0.1, 0.15) is 12.4 Å². The molecule has 1 unspecified atom stereocenters. The Morgan fingerprint density at radius 3 is 2.85 bits per heavy atom. The molecular formula is C17H15ClO2. The summed E-state index contributed by atoms with van der Waals surface area (Å²) in [5.74, 6) is 1.13. The highest BCUT2D eigenvalue weighted by molar-refractivity contribution is 6.30. The van der Waals surface area contributed by atoms with Crippen molar-refractivity contribution in [3.8, 4) is 5.75 Å². The Hall–Kier alpha value is -1.80. The summed E-state index contributed by atoms with van der Waals surface area (Å²) < 4.78 is 5.47. The van der Waals surface area contributed by atoms with Gasteiger partial charge in [-0.2, -0.15) is 0 Å². The highest BCUT2D eigenvalue weighted by atomic mass is 35.5. The fourth-order valence-electron chi connectivity index (χ4n) is 2.60. The lowest BCUT2D eigenvalue weighted by atomic mass is 9.75. The number of ketones is 1. The van der Waals surface area contributed by atoms with Crippen LogP contribution in [0.3, 0.4) is 0 Å². The SMILES string of the molecule is O=C(COc1cccc(Cl)c1)CC1Cc2ccccc21. The third-order valence-electron chi connectivity index (χ3n) is 3.63. The number of ether oxygens (including phenoxy) is 1. The van der Waals surface area contributed by atoms with Gasteiger partial charge in [0.2, 0.25) is 0 Å². The third kappa shape index (κ3) is 2.86. The number of rotatable bonds is 5. The van der Waals surface area contributed by atoms with Crippen LogP contribution in [0.1, 0.15) is 23.5 Å². The van der Waals surface area contributed by atoms with Gasteiger partial charge >= 0.3 is 0 Å². The van der Waals surface area contributed by atoms with E-state index in [0.29, 0.717) is 23.1 Å². The lowest BCUT2D eigenvalue weighted by molar-refractivity contribution is -0.121. The first-order chi connectivity index (χ1) is 9.72. The molecule has 2 aromatic rings. The summed E-state index contributed by atoms with van der Waals surface area (Å²) in [7, 11) is 0. The van der Waals surface area contributed by atoms with Crippen molar-refractivity contribution in [2.24, 2.45) is 0 Å². The van der Waals surface area contributed by atoms with Crippen molar-refractivity contribution in [1.82, 2.24) is 0 Å². The maximum atomic E-state index is 12.0. The van der Waals surface area contributed by atoms with Gasteiger partial charge in [-0.15, -0.1) is 0 Å². The monoisotopic (exact) mass is 286 g/mol. The van der Waals surface area contributed by atoms with Crippen LogP contribution in [0, 0.1) is 0 Å². The van der Waals surface area contributed by atoms with E-state index >= 15 is 0 Å². The predicted octanol–water partition coefficient (Wildman–Crippen LogP) is 4.02. The second kappa shape index (κ2) is 5.68. The molecule has 1 aliphatic rings. The molecule has 1 atom stereocenters. The average molecular weight is 287 g/mol. The van der Waals surface area contributed by atoms with E-state index < -0.39 is 0 Å². The minimum absolute atomic E-state index is 0.110. The van der Waals surface area contributed by atoms with Gasteiger partial charge in [-0.1, -0.05) is 41.9 Å². The number of fused-ring (bicyclic) bond motifs is 1. The van der Waals surface area contributed by atoms with Crippen LogP contribution in [0.15, 0.2) is 48.5 Å². The molecule has 0 fully saturated rings. The molecule has 20 heavy (non-hydrogen) atoms. The van der Waals surface area contributed by atoms with Gasteiger partial charge in [0, 0.05) is 11.4 Å². The number of hydrogen-bond donors (Lipinski definition) is 0. The minimum atomic E-state index is 0.110. The van der Waals surface area contributed by atoms with E-state index in [1.54, 1.807) is 18.2 Å². The van der Waals surface area contributed by atoms with Gasteiger partial charge in [0.15, 0.2) is 5.78 Å². The molecule has 0 N–H and O–H groups in total. The number of carbonyl (C=O) groups is 1. The standard InChI is InChI=1S/C17H15ClO2/c18-14-5-3-6-16(10-14)20-11-15(19)9-13-8-12-4-1-2-7-17(12)13/h1-7,10,13H,8-9,11H2. The number of hydrogen-bond acceptors (Lipinski definition) is 2. The second-order valence-corrected chi connectivity index (χ2v) is 5.53. The van der Waals surface area contributed by atoms with Crippen LogP contribution in [0.4, 0.5) is 0 Å². The van der Waals surface area contributed by atoms with E-state index in [-0.39, 0.29) is 12.4 Å². The van der Waals surface area contributed by atoms with Crippen molar-refractivity contribution in [2.45, 2.75) is 18.8 Å². The predicted molar refractivity (Wildman–Crippen MR) is 79.5 cm³/mol. The largest absolute Gasteiger partial charge is 0.486 e. The summed E-state index contributed by atoms with van der Waals surface area (Å²) in [5, 5.41) is 0.614. The normalized spacial score (nSPS) is 16.1. The number of benzene rings is 2. The third-order valence-corrected chi connectivity index (χ3v) is 3.87. The smallest absolute Gasteiger partial charge is 0.170 e. The van der Waals surface area contributed by atoms with Crippen LogP contribution in [-0.2, 0) is 11.2 Å². The second-order valence-electron chi connectivity index (χ2n) is 5.09. The van der Waals surface area contributed by atoms with Crippen molar-refractivity contribution in [2.75, 3.05) is 6.61 Å². The van der Waals surface area contributed by atoms with E-state index in [1.807, 2.05) is 18.2 Å². The van der Waals surface area contributed by atoms with Gasteiger partial charge in [-0.25, -0.2) is 0 Å². The van der Waals surface area contributed by atoms with Crippen LogP contribution in [0.5, 0.6) is 5.75 Å². The Balaban J connectivity index is 1.52. The zero-order valence-electron chi connectivity index (χ0n) is 11.0. The van der Waals surface area contributed by atoms with E-state index in [2.05, 4.69) is 12.1 Å². The van der Waals surface area contributed by atoms with Crippen LogP contribution in [0.25, 0.3) is 0 Å². The molecule has 0 radical (unpaired) electrons. The molecule has 1 aliphatic carbocycles. The zero-order chi connectivity index (χ0) is 13.9. The number of Topliss-reactive ketones (excluding diaryl/α,β-unsaturated/α-hetero) is 1. The van der Waals surface area contributed by atoms with Gasteiger partial charge in [0.25, 0.3) is 0 Å². The molecular weight excluding hydrogens is 272 g/mol. The van der Waals surface area contributed by atoms with Crippen LogP contribution < -0.4 is 4.74 Å². The van der Waals surface area contributed by atoms with Crippen molar-refractivity contribution in [1.29, 1.82) is 0 Å². The summed E-state index contributed by atoms with van der Waals surface area (Å²) in [6.07, 6.45) is 1.55. The molecule has 0 aromatic heterocycles. The maximum Gasteiger partial charge on any atom is 0.170 e. The van der Waals surface area contributed by atoms with Crippen LogP contribution in [0.2, 0.25) is 5.02 Å². The Kier molecular flexibility index (Phi) is 3.75. The van der Waals surface area contributed by atoms with Crippen LogP contribution in [-0.4, -0.2) is 12.4 Å². The van der Waals surface area contributed by atoms with Gasteiger partial charge in [0.05, 0.1) is 0 Å². The van der Waals surface area contributed by atoms with Crippen molar-refractivity contribution in [3.05, 3.63) is 64.7 Å². The molecule has 0 heterocycles. The molecule has 0 saturated heterocycles. The lowest BCUT2D eigenvalue weighted by Crippen LogP contribution is -2.22. The van der Waals surface area contributed by atoms with Gasteiger partial charge in [-0.3, -0.25) is 4.79 Å². The quantitative estimate of drug-likeness (QED) is 0.830. The summed E-state index contributed by atoms with van der Waals surface area (Å²) in [6.45, 7) is 0.110. The molecule has 0 saturated carbocycles. The van der Waals surface area contributed by atoms with Crippen molar-refractivity contribution in [3.63, 3.8) is 0 Å². The highest BCUT2D eigenvalue weighted by Crippen LogP contribution is 2.37. The topological polar surface area (TPSA) is 26.3 Å². The Labute approximate surface area is 123 Å². The van der Waals surface area contributed by atoms with E-state index in [9.17, 15) is 4.79 Å². The number of halogens is 1. The molecule has 0 bridgehead atoms. The first kappa shape index (κ1) is 13.2. The Morgan fingerprint density at radius 1 is 1.20 bits per heavy atom. The number of carbonyl (C=O) groups excluding carboxylic acids is 1. The first-order valence-corrected chi connectivity index (χ1v) is 7.08. The molecule has 3 heteroatoms. The molecule has 0 aliphatic heterocycles. The maximum absolute atomic E-state index is 12.0. The fourth-order valence-corrected chi connectivity index (χ4v) is 2.78. The molecule has 2 aromatic carbocycles. The minimum Gasteiger partial charge on any atom is -0.486 e. The molecule has 0 amide bonds. The summed E-state index contributed by atoms with van der Waals surface area (Å²) in [6, 6.07) is 15.4. The summed E-state index contributed by atoms with van der Waals surface area (Å²) >= 11 is 5.87. The fraction of sp³-hybridized carbons (Fsp3) is 0.235. The van der Waals surface area contributed by atoms with E-state index in [0.717, 1.165) is 6.42 Å². The first-order valence-electron chi connectivity index (χ1n) is 6.70. The van der Waals surface area contributed by atoms with E-state index in [4.69, 9.17) is 16.3 Å².